The first-order valence-electron chi connectivity index (χ1n) is 7.58. The van der Waals surface area contributed by atoms with Crippen molar-refractivity contribution in [2.24, 2.45) is 0 Å². The average molecular weight is 306 g/mol. The van der Waals surface area contributed by atoms with E-state index >= 15 is 0 Å². The molecule has 0 fully saturated rings. The maximum Gasteiger partial charge on any atom is 0.0783 e. The van der Waals surface area contributed by atoms with Crippen molar-refractivity contribution >= 4 is 17.3 Å². The molecule has 0 aromatic heterocycles. The van der Waals surface area contributed by atoms with Crippen LogP contribution >= 0.6 is 11.8 Å². The van der Waals surface area contributed by atoms with Crippen LogP contribution in [0.15, 0.2) is 76.7 Å². The fraction of sp³-hybridized carbons (Fsp3) is 0.200. The van der Waals surface area contributed by atoms with Gasteiger partial charge in [0.05, 0.1) is 13.2 Å². The van der Waals surface area contributed by atoms with Gasteiger partial charge >= 0.3 is 0 Å². The Kier molecular flexibility index (Phi) is 3.65. The lowest BCUT2D eigenvalue weighted by molar-refractivity contribution is 0.174. The minimum atomic E-state index is 0.393. The summed E-state index contributed by atoms with van der Waals surface area (Å²) in [5.74, 6) is 0.393. The second kappa shape index (κ2) is 5.79. The number of benzene rings is 2. The highest BCUT2D eigenvalue weighted by Crippen LogP contribution is 2.56. The molecule has 2 aliphatic rings. The first kappa shape index (κ1) is 13.9. The molecule has 1 unspecified atom stereocenters. The highest BCUT2D eigenvalue weighted by Gasteiger charge is 2.40. The molecule has 1 nitrogen and oxygen atoms in total. The number of hydrogen-bond acceptors (Lipinski definition) is 2. The minimum Gasteiger partial charge on any atom is -0.372 e. The van der Waals surface area contributed by atoms with Crippen LogP contribution in [0.5, 0.6) is 0 Å². The Morgan fingerprint density at radius 3 is 2.23 bits per heavy atom. The van der Waals surface area contributed by atoms with Gasteiger partial charge in [0.15, 0.2) is 0 Å². The van der Waals surface area contributed by atoms with Gasteiger partial charge in [0.1, 0.15) is 0 Å². The van der Waals surface area contributed by atoms with Crippen molar-refractivity contribution in [2.45, 2.75) is 5.92 Å². The highest BCUT2D eigenvalue weighted by molar-refractivity contribution is 8.02. The molecule has 1 aliphatic carbocycles. The van der Waals surface area contributed by atoms with Crippen LogP contribution in [0, 0.1) is 0 Å². The first-order valence-corrected chi connectivity index (χ1v) is 8.81. The van der Waals surface area contributed by atoms with Crippen LogP contribution in [0.4, 0.5) is 0 Å². The zero-order valence-corrected chi connectivity index (χ0v) is 13.4. The largest absolute Gasteiger partial charge is 0.372 e. The van der Waals surface area contributed by atoms with Crippen LogP contribution < -0.4 is 0 Å². The molecule has 1 heterocycles. The van der Waals surface area contributed by atoms with Crippen molar-refractivity contribution in [2.75, 3.05) is 19.5 Å². The van der Waals surface area contributed by atoms with E-state index in [0.29, 0.717) is 5.92 Å². The lowest BCUT2D eigenvalue weighted by atomic mass is 9.66. The number of allylic oxidation sites excluding steroid dienone is 1. The third-order valence-electron chi connectivity index (χ3n) is 4.47. The van der Waals surface area contributed by atoms with E-state index in [4.69, 9.17) is 4.74 Å². The number of rotatable bonds is 3. The smallest absolute Gasteiger partial charge is 0.0783 e. The Morgan fingerprint density at radius 1 is 0.864 bits per heavy atom. The Hall–Kier alpha value is -1.77. The number of hydrogen-bond donors (Lipinski definition) is 0. The van der Waals surface area contributed by atoms with Gasteiger partial charge in [-0.2, -0.15) is 0 Å². The Labute approximate surface area is 135 Å². The quantitative estimate of drug-likeness (QED) is 0.799. The molecular weight excluding hydrogens is 288 g/mol. The van der Waals surface area contributed by atoms with Gasteiger partial charge in [0.2, 0.25) is 0 Å². The molecular formula is C20H18OS. The van der Waals surface area contributed by atoms with Crippen molar-refractivity contribution in [1.29, 1.82) is 0 Å². The molecule has 1 aliphatic heterocycles. The van der Waals surface area contributed by atoms with E-state index in [2.05, 4.69) is 66.9 Å². The van der Waals surface area contributed by atoms with Crippen LogP contribution in [0.25, 0.3) is 5.57 Å². The molecule has 0 saturated heterocycles. The van der Waals surface area contributed by atoms with Gasteiger partial charge < -0.3 is 4.74 Å². The summed E-state index contributed by atoms with van der Waals surface area (Å²) in [7, 11) is 0. The second-order valence-corrected chi connectivity index (χ2v) is 6.54. The molecule has 0 N–H and O–H groups in total. The standard InChI is InChI=1S/C20H18OS/c1-22-17-13-21-12-16-18(14-8-4-2-5-9-14)19(20(16)17)15-10-6-3-7-11-15/h2-11,19H,12-13H2,1H3. The molecule has 110 valence electrons. The van der Waals surface area contributed by atoms with Crippen LogP contribution in [0.1, 0.15) is 17.0 Å². The van der Waals surface area contributed by atoms with Gasteiger partial charge in [-0.05, 0) is 34.1 Å². The normalized spacial score (nSPS) is 20.7. The number of thioether (sulfide) groups is 1. The molecule has 22 heavy (non-hydrogen) atoms. The van der Waals surface area contributed by atoms with Crippen LogP contribution in [-0.4, -0.2) is 19.5 Å². The zero-order chi connectivity index (χ0) is 14.9. The van der Waals surface area contributed by atoms with E-state index in [0.717, 1.165) is 13.2 Å². The summed E-state index contributed by atoms with van der Waals surface area (Å²) >= 11 is 1.82. The van der Waals surface area contributed by atoms with E-state index in [1.165, 1.54) is 32.8 Å². The average Bonchev–Trinajstić information content (AvgIpc) is 2.57. The zero-order valence-electron chi connectivity index (χ0n) is 12.6. The fourth-order valence-corrected chi connectivity index (χ4v) is 4.14. The minimum absolute atomic E-state index is 0.393. The van der Waals surface area contributed by atoms with Crippen LogP contribution in [0.3, 0.4) is 0 Å². The van der Waals surface area contributed by atoms with Gasteiger partial charge in [0.25, 0.3) is 0 Å². The van der Waals surface area contributed by atoms with Crippen molar-refractivity contribution < 1.29 is 4.74 Å². The number of ether oxygens (including phenoxy) is 1. The van der Waals surface area contributed by atoms with Crippen molar-refractivity contribution in [1.82, 2.24) is 0 Å². The van der Waals surface area contributed by atoms with E-state index in [9.17, 15) is 0 Å². The molecule has 1 atom stereocenters. The number of fused-ring (bicyclic) bond motifs is 1. The van der Waals surface area contributed by atoms with E-state index in [1.54, 1.807) is 0 Å². The highest BCUT2D eigenvalue weighted by atomic mass is 32.2. The summed E-state index contributed by atoms with van der Waals surface area (Å²) in [6.07, 6.45) is 2.15. The fourth-order valence-electron chi connectivity index (χ4n) is 3.47. The lowest BCUT2D eigenvalue weighted by Gasteiger charge is -2.41. The van der Waals surface area contributed by atoms with Crippen molar-refractivity contribution in [3.05, 3.63) is 87.8 Å². The molecule has 2 aromatic rings. The Morgan fingerprint density at radius 2 is 1.55 bits per heavy atom. The first-order chi connectivity index (χ1) is 10.9. The summed E-state index contributed by atoms with van der Waals surface area (Å²) in [4.78, 5) is 1.38. The lowest BCUT2D eigenvalue weighted by Crippen LogP contribution is -2.28. The third kappa shape index (κ3) is 2.15. The van der Waals surface area contributed by atoms with E-state index < -0.39 is 0 Å². The topological polar surface area (TPSA) is 9.23 Å². The van der Waals surface area contributed by atoms with Gasteiger partial charge in [0, 0.05) is 10.8 Å². The maximum atomic E-state index is 5.81. The van der Waals surface area contributed by atoms with Crippen molar-refractivity contribution in [3.8, 4) is 0 Å². The molecule has 2 aromatic carbocycles. The SMILES string of the molecule is CSC1=C2C(=C(c3ccccc3)C2c2ccccc2)COC1. The summed E-state index contributed by atoms with van der Waals surface area (Å²) in [5.41, 5.74) is 7.04. The van der Waals surface area contributed by atoms with Gasteiger partial charge in [-0.3, -0.25) is 0 Å². The maximum absolute atomic E-state index is 5.81. The summed E-state index contributed by atoms with van der Waals surface area (Å²) < 4.78 is 5.81. The molecule has 0 saturated carbocycles. The Bertz CT molecular complexity index is 744. The monoisotopic (exact) mass is 306 g/mol. The van der Waals surface area contributed by atoms with Crippen LogP contribution in [-0.2, 0) is 4.74 Å². The molecule has 0 radical (unpaired) electrons. The molecule has 4 rings (SSSR count). The summed E-state index contributed by atoms with van der Waals surface area (Å²) in [6, 6.07) is 21.6. The molecule has 2 heteroatoms. The van der Waals surface area contributed by atoms with E-state index in [-0.39, 0.29) is 0 Å². The van der Waals surface area contributed by atoms with Crippen molar-refractivity contribution in [3.63, 3.8) is 0 Å². The second-order valence-electron chi connectivity index (χ2n) is 5.64. The van der Waals surface area contributed by atoms with Gasteiger partial charge in [-0.15, -0.1) is 11.8 Å². The van der Waals surface area contributed by atoms with Gasteiger partial charge in [-0.25, -0.2) is 0 Å². The van der Waals surface area contributed by atoms with E-state index in [1.807, 2.05) is 11.8 Å². The summed E-state index contributed by atoms with van der Waals surface area (Å²) in [5, 5.41) is 0. The summed E-state index contributed by atoms with van der Waals surface area (Å²) in [6.45, 7) is 1.50. The molecule has 0 spiro atoms. The molecule has 0 bridgehead atoms. The van der Waals surface area contributed by atoms with Crippen LogP contribution in [0.2, 0.25) is 0 Å². The third-order valence-corrected chi connectivity index (χ3v) is 5.30. The molecule has 0 amide bonds. The Balaban J connectivity index is 1.90. The predicted molar refractivity (Wildman–Crippen MR) is 93.9 cm³/mol. The predicted octanol–water partition coefficient (Wildman–Crippen LogP) is 4.88. The van der Waals surface area contributed by atoms with Gasteiger partial charge in [-0.1, -0.05) is 60.7 Å².